The first-order valence-corrected chi connectivity index (χ1v) is 4.67. The number of amides is 4. The number of rotatable bonds is 3. The van der Waals surface area contributed by atoms with E-state index in [1.807, 2.05) is 5.32 Å². The highest BCUT2D eigenvalue weighted by molar-refractivity contribution is 6.31. The molecule has 1 atom stereocenters. The second-order valence-corrected chi connectivity index (χ2v) is 4.20. The minimum absolute atomic E-state index is 0.644. The molecular formula is C8H14ClN3O3. The fourth-order valence-electron chi connectivity index (χ4n) is 0.588. The molecule has 0 aliphatic heterocycles. The molecule has 0 radical (unpaired) electrons. The summed E-state index contributed by atoms with van der Waals surface area (Å²) in [6, 6.07) is -0.809. The maximum absolute atomic E-state index is 11.2. The van der Waals surface area contributed by atoms with Crippen molar-refractivity contribution in [3.05, 3.63) is 0 Å². The third-order valence-electron chi connectivity index (χ3n) is 1.64. The van der Waals surface area contributed by atoms with E-state index in [0.717, 1.165) is 0 Å². The zero-order valence-corrected chi connectivity index (χ0v) is 9.51. The Balaban J connectivity index is 4.28. The van der Waals surface area contributed by atoms with Gasteiger partial charge in [0.05, 0.1) is 0 Å². The highest BCUT2D eigenvalue weighted by Gasteiger charge is 2.27. The van der Waals surface area contributed by atoms with Gasteiger partial charge in [0, 0.05) is 0 Å². The Hall–Kier alpha value is -1.30. The Labute approximate surface area is 92.5 Å². The number of carbonyl (C=O) groups is 3. The number of carbonyl (C=O) groups excluding carboxylic acids is 3. The van der Waals surface area contributed by atoms with Crippen LogP contribution in [0.15, 0.2) is 0 Å². The fourth-order valence-corrected chi connectivity index (χ4v) is 0.643. The number of halogens is 1. The van der Waals surface area contributed by atoms with Crippen molar-refractivity contribution in [1.29, 1.82) is 0 Å². The lowest BCUT2D eigenvalue weighted by atomic mass is 10.1. The molecule has 0 bridgehead atoms. The van der Waals surface area contributed by atoms with Crippen LogP contribution in [0.5, 0.6) is 0 Å². The predicted molar refractivity (Wildman–Crippen MR) is 55.3 cm³/mol. The molecule has 86 valence electrons. The summed E-state index contributed by atoms with van der Waals surface area (Å²) in [5.41, 5.74) is 3.79. The third-order valence-corrected chi connectivity index (χ3v) is 1.84. The van der Waals surface area contributed by atoms with Crippen molar-refractivity contribution in [2.24, 2.45) is 5.73 Å². The van der Waals surface area contributed by atoms with Gasteiger partial charge in [-0.15, -0.1) is 11.6 Å². The fraction of sp³-hybridized carbons (Fsp3) is 0.625. The van der Waals surface area contributed by atoms with E-state index in [0.29, 0.717) is 0 Å². The van der Waals surface area contributed by atoms with Gasteiger partial charge in [-0.3, -0.25) is 14.9 Å². The highest BCUT2D eigenvalue weighted by atomic mass is 35.5. The van der Waals surface area contributed by atoms with Crippen molar-refractivity contribution in [3.8, 4) is 0 Å². The van der Waals surface area contributed by atoms with Gasteiger partial charge in [-0.2, -0.15) is 0 Å². The molecule has 7 heteroatoms. The number of primary amides is 1. The summed E-state index contributed by atoms with van der Waals surface area (Å²) >= 11 is 5.42. The van der Waals surface area contributed by atoms with Crippen LogP contribution < -0.4 is 16.4 Å². The van der Waals surface area contributed by atoms with E-state index >= 15 is 0 Å². The summed E-state index contributed by atoms with van der Waals surface area (Å²) in [4.78, 5) is 33.0. The van der Waals surface area contributed by atoms with Crippen LogP contribution in [0.3, 0.4) is 0 Å². The van der Waals surface area contributed by atoms with Gasteiger partial charge in [-0.25, -0.2) is 4.79 Å². The molecule has 0 heterocycles. The first-order chi connectivity index (χ1) is 6.66. The van der Waals surface area contributed by atoms with Gasteiger partial charge in [0.25, 0.3) is 0 Å². The maximum atomic E-state index is 11.2. The van der Waals surface area contributed by atoms with Crippen LogP contribution in [0, 0.1) is 0 Å². The Bertz CT molecular complexity index is 289. The van der Waals surface area contributed by atoms with Crippen LogP contribution in [0.1, 0.15) is 20.8 Å². The number of nitrogens with one attached hydrogen (secondary N) is 2. The molecule has 0 fully saturated rings. The summed E-state index contributed by atoms with van der Waals surface area (Å²) in [5, 5.41) is 3.37. The lowest BCUT2D eigenvalue weighted by molar-refractivity contribution is -0.123. The minimum Gasteiger partial charge on any atom is -0.368 e. The molecule has 0 aromatic heterocycles. The van der Waals surface area contributed by atoms with E-state index in [1.165, 1.54) is 20.8 Å². The molecule has 4 N–H and O–H groups in total. The molecule has 0 aromatic rings. The van der Waals surface area contributed by atoms with Crippen molar-refractivity contribution in [1.82, 2.24) is 10.6 Å². The summed E-state index contributed by atoms with van der Waals surface area (Å²) < 4.78 is 0. The van der Waals surface area contributed by atoms with Crippen LogP contribution in [-0.2, 0) is 9.59 Å². The normalized spacial score (nSPS) is 12.8. The van der Waals surface area contributed by atoms with Gasteiger partial charge < -0.3 is 11.1 Å². The van der Waals surface area contributed by atoms with Crippen LogP contribution in [0.25, 0.3) is 0 Å². The van der Waals surface area contributed by atoms with Gasteiger partial charge in [-0.1, -0.05) is 0 Å². The second kappa shape index (κ2) is 4.97. The average Bonchev–Trinajstić information content (AvgIpc) is 2.01. The van der Waals surface area contributed by atoms with Crippen molar-refractivity contribution in [3.63, 3.8) is 0 Å². The molecule has 0 saturated heterocycles. The standard InChI is InChI=1S/C8H14ClN3O3/c1-4(9)5(13)11-7(15)12-8(2,3)6(10)14/h4H,1-3H3,(H2,10,14)(H2,11,12,13,15). The van der Waals surface area contributed by atoms with Crippen molar-refractivity contribution >= 4 is 29.4 Å². The highest BCUT2D eigenvalue weighted by Crippen LogP contribution is 2.00. The summed E-state index contributed by atoms with van der Waals surface area (Å²) in [5.74, 6) is -1.35. The first kappa shape index (κ1) is 13.7. The van der Waals surface area contributed by atoms with Crippen LogP contribution in [-0.4, -0.2) is 28.8 Å². The van der Waals surface area contributed by atoms with Gasteiger partial charge in [0.15, 0.2) is 0 Å². The molecule has 6 nitrogen and oxygen atoms in total. The monoisotopic (exact) mass is 235 g/mol. The molecule has 15 heavy (non-hydrogen) atoms. The summed E-state index contributed by atoms with van der Waals surface area (Å²) in [6.07, 6.45) is 0. The number of alkyl halides is 1. The number of hydrogen-bond acceptors (Lipinski definition) is 3. The smallest absolute Gasteiger partial charge is 0.322 e. The molecule has 4 amide bonds. The van der Waals surface area contributed by atoms with Crippen molar-refractivity contribution in [2.45, 2.75) is 31.7 Å². The third kappa shape index (κ3) is 4.64. The number of urea groups is 1. The molecule has 0 spiro atoms. The molecule has 0 saturated carbocycles. The summed E-state index contributed by atoms with van der Waals surface area (Å²) in [7, 11) is 0. The van der Waals surface area contributed by atoms with Crippen LogP contribution >= 0.6 is 11.6 Å². The Morgan fingerprint density at radius 1 is 1.33 bits per heavy atom. The molecule has 0 rings (SSSR count). The van der Waals surface area contributed by atoms with E-state index in [2.05, 4.69) is 5.32 Å². The number of hydrogen-bond donors (Lipinski definition) is 3. The van der Waals surface area contributed by atoms with Crippen LogP contribution in [0.4, 0.5) is 4.79 Å². The quantitative estimate of drug-likeness (QED) is 0.586. The summed E-state index contributed by atoms with van der Waals surface area (Å²) in [6.45, 7) is 4.26. The maximum Gasteiger partial charge on any atom is 0.322 e. The van der Waals surface area contributed by atoms with Crippen molar-refractivity contribution < 1.29 is 14.4 Å². The number of imide groups is 1. The SMILES string of the molecule is CC(Cl)C(=O)NC(=O)NC(C)(C)C(N)=O. The van der Waals surface area contributed by atoms with Crippen LogP contribution in [0.2, 0.25) is 0 Å². The topological polar surface area (TPSA) is 101 Å². The van der Waals surface area contributed by atoms with E-state index < -0.39 is 28.8 Å². The molecule has 0 aliphatic rings. The second-order valence-electron chi connectivity index (χ2n) is 3.55. The van der Waals surface area contributed by atoms with E-state index in [-0.39, 0.29) is 0 Å². The van der Waals surface area contributed by atoms with Gasteiger partial charge >= 0.3 is 6.03 Å². The molecule has 0 aromatic carbocycles. The zero-order valence-electron chi connectivity index (χ0n) is 8.76. The Morgan fingerprint density at radius 3 is 2.13 bits per heavy atom. The van der Waals surface area contributed by atoms with Gasteiger partial charge in [0.1, 0.15) is 10.9 Å². The lowest BCUT2D eigenvalue weighted by Crippen LogP contribution is -2.57. The number of nitrogens with two attached hydrogens (primary N) is 1. The van der Waals surface area contributed by atoms with E-state index in [9.17, 15) is 14.4 Å². The molecule has 1 unspecified atom stereocenters. The largest absolute Gasteiger partial charge is 0.368 e. The first-order valence-electron chi connectivity index (χ1n) is 4.24. The van der Waals surface area contributed by atoms with E-state index in [4.69, 9.17) is 17.3 Å². The molecule has 0 aliphatic carbocycles. The van der Waals surface area contributed by atoms with E-state index in [1.54, 1.807) is 0 Å². The lowest BCUT2D eigenvalue weighted by Gasteiger charge is -2.22. The van der Waals surface area contributed by atoms with Crippen molar-refractivity contribution in [2.75, 3.05) is 0 Å². The zero-order chi connectivity index (χ0) is 12.2. The molecular weight excluding hydrogens is 222 g/mol. The van der Waals surface area contributed by atoms with Gasteiger partial charge in [-0.05, 0) is 20.8 Å². The van der Waals surface area contributed by atoms with Gasteiger partial charge in [0.2, 0.25) is 11.8 Å². The predicted octanol–water partition coefficient (Wildman–Crippen LogP) is -0.297. The minimum atomic E-state index is -1.22. The average molecular weight is 236 g/mol. The Morgan fingerprint density at radius 2 is 1.80 bits per heavy atom. The Kier molecular flexibility index (Phi) is 4.54.